The van der Waals surface area contributed by atoms with Gasteiger partial charge in [0.05, 0.1) is 4.83 Å². The minimum Gasteiger partial charge on any atom is -0.299 e. The van der Waals surface area contributed by atoms with Gasteiger partial charge in [-0.1, -0.05) is 15.9 Å². The molecule has 1 atom stereocenters. The Bertz CT molecular complexity index is 260. The number of pyridine rings is 1. The third kappa shape index (κ3) is 2.74. The number of carbonyl (C=O) groups excluding carboxylic acids is 1. The number of rotatable bonds is 3. The number of ketones is 1. The monoisotopic (exact) mass is 227 g/mol. The van der Waals surface area contributed by atoms with Crippen molar-refractivity contribution in [1.82, 2.24) is 4.98 Å². The lowest BCUT2D eigenvalue weighted by atomic mass is 10.1. The Hall–Kier alpha value is -0.700. The number of hydrogen-bond acceptors (Lipinski definition) is 2. The van der Waals surface area contributed by atoms with Crippen molar-refractivity contribution in [3.05, 3.63) is 30.1 Å². The zero-order chi connectivity index (χ0) is 8.97. The molecule has 3 heteroatoms. The maximum absolute atomic E-state index is 10.9. The Morgan fingerprint density at radius 2 is 2.17 bits per heavy atom. The van der Waals surface area contributed by atoms with Crippen LogP contribution in [0.15, 0.2) is 24.5 Å². The summed E-state index contributed by atoms with van der Waals surface area (Å²) in [5.41, 5.74) is 1.13. The highest BCUT2D eigenvalue weighted by molar-refractivity contribution is 9.10. The van der Waals surface area contributed by atoms with E-state index in [1.807, 2.05) is 12.1 Å². The average Bonchev–Trinajstić information content (AvgIpc) is 2.06. The smallest absolute Gasteiger partial charge is 0.143 e. The molecule has 1 aromatic rings. The summed E-state index contributed by atoms with van der Waals surface area (Å²) in [6, 6.07) is 3.83. The molecule has 0 amide bonds. The summed E-state index contributed by atoms with van der Waals surface area (Å²) in [7, 11) is 0. The molecule has 0 N–H and O–H groups in total. The highest BCUT2D eigenvalue weighted by Gasteiger charge is 2.09. The second-order valence-corrected chi connectivity index (χ2v) is 3.74. The normalized spacial score (nSPS) is 12.5. The zero-order valence-corrected chi connectivity index (χ0v) is 8.41. The van der Waals surface area contributed by atoms with Crippen LogP contribution in [0.2, 0.25) is 0 Å². The first-order valence-corrected chi connectivity index (χ1v) is 4.65. The first-order chi connectivity index (χ1) is 5.70. The molecule has 1 aromatic heterocycles. The number of carbonyl (C=O) groups is 1. The quantitative estimate of drug-likeness (QED) is 0.740. The number of hydrogen-bond donors (Lipinski definition) is 0. The van der Waals surface area contributed by atoms with E-state index in [1.54, 1.807) is 19.3 Å². The second kappa shape index (κ2) is 4.36. The van der Waals surface area contributed by atoms with Crippen molar-refractivity contribution in [3.63, 3.8) is 0 Å². The van der Waals surface area contributed by atoms with Gasteiger partial charge in [0.15, 0.2) is 0 Å². The molecule has 64 valence electrons. The van der Waals surface area contributed by atoms with Gasteiger partial charge in [-0.2, -0.15) is 0 Å². The Morgan fingerprint density at radius 1 is 1.58 bits per heavy atom. The number of aromatic nitrogens is 1. The molecule has 0 aliphatic rings. The first kappa shape index (κ1) is 9.39. The Balaban J connectivity index is 2.58. The Morgan fingerprint density at radius 3 is 2.67 bits per heavy atom. The molecule has 0 radical (unpaired) electrons. The van der Waals surface area contributed by atoms with E-state index < -0.39 is 0 Å². The fraction of sp³-hybridized carbons (Fsp3) is 0.333. The fourth-order valence-electron chi connectivity index (χ4n) is 0.870. The summed E-state index contributed by atoms with van der Waals surface area (Å²) >= 11 is 3.31. The molecule has 0 saturated carbocycles. The third-order valence-electron chi connectivity index (χ3n) is 1.61. The minimum absolute atomic E-state index is 0.0695. The van der Waals surface area contributed by atoms with Gasteiger partial charge in [0, 0.05) is 12.4 Å². The molecular weight excluding hydrogens is 218 g/mol. The second-order valence-electron chi connectivity index (χ2n) is 2.64. The Kier molecular flexibility index (Phi) is 3.41. The molecule has 0 bridgehead atoms. The van der Waals surface area contributed by atoms with Crippen LogP contribution in [0.4, 0.5) is 0 Å². The van der Waals surface area contributed by atoms with Crippen molar-refractivity contribution in [2.75, 3.05) is 0 Å². The largest absolute Gasteiger partial charge is 0.299 e. The molecule has 1 unspecified atom stereocenters. The van der Waals surface area contributed by atoms with Gasteiger partial charge in [-0.3, -0.25) is 9.78 Å². The van der Waals surface area contributed by atoms with E-state index in [0.29, 0.717) is 0 Å². The molecule has 0 aromatic carbocycles. The van der Waals surface area contributed by atoms with Crippen molar-refractivity contribution in [1.29, 1.82) is 0 Å². The maximum Gasteiger partial charge on any atom is 0.143 e. The molecule has 0 spiro atoms. The molecule has 2 nitrogen and oxygen atoms in total. The molecule has 12 heavy (non-hydrogen) atoms. The predicted molar refractivity (Wildman–Crippen MR) is 51.3 cm³/mol. The first-order valence-electron chi connectivity index (χ1n) is 3.73. The summed E-state index contributed by atoms with van der Waals surface area (Å²) in [6.07, 6.45) is 4.20. The highest BCUT2D eigenvalue weighted by atomic mass is 79.9. The summed E-state index contributed by atoms with van der Waals surface area (Å²) < 4.78 is 0. The van der Waals surface area contributed by atoms with Crippen LogP contribution < -0.4 is 0 Å². The van der Waals surface area contributed by atoms with Crippen LogP contribution in [0.3, 0.4) is 0 Å². The molecule has 1 rings (SSSR count). The van der Waals surface area contributed by atoms with Crippen LogP contribution in [0.1, 0.15) is 12.5 Å². The van der Waals surface area contributed by atoms with E-state index in [9.17, 15) is 4.79 Å². The lowest BCUT2D eigenvalue weighted by molar-refractivity contribution is -0.116. The van der Waals surface area contributed by atoms with E-state index in [0.717, 1.165) is 12.0 Å². The van der Waals surface area contributed by atoms with Gasteiger partial charge in [0.1, 0.15) is 5.78 Å². The maximum atomic E-state index is 10.9. The number of alkyl halides is 1. The van der Waals surface area contributed by atoms with E-state index in [2.05, 4.69) is 20.9 Å². The van der Waals surface area contributed by atoms with Crippen molar-refractivity contribution in [3.8, 4) is 0 Å². The van der Waals surface area contributed by atoms with Gasteiger partial charge in [-0.15, -0.1) is 0 Å². The van der Waals surface area contributed by atoms with Crippen molar-refractivity contribution < 1.29 is 4.79 Å². The van der Waals surface area contributed by atoms with Crippen molar-refractivity contribution >= 4 is 21.7 Å². The third-order valence-corrected chi connectivity index (χ3v) is 2.57. The molecular formula is C9H10BrNO. The van der Waals surface area contributed by atoms with Crippen molar-refractivity contribution in [2.24, 2.45) is 0 Å². The lowest BCUT2D eigenvalue weighted by Crippen LogP contribution is -2.12. The lowest BCUT2D eigenvalue weighted by Gasteiger charge is -2.04. The molecule has 1 heterocycles. The molecule has 0 fully saturated rings. The van der Waals surface area contributed by atoms with E-state index >= 15 is 0 Å². The zero-order valence-electron chi connectivity index (χ0n) is 6.83. The highest BCUT2D eigenvalue weighted by Crippen LogP contribution is 2.09. The van der Waals surface area contributed by atoms with Crippen LogP contribution in [-0.2, 0) is 11.2 Å². The SMILES string of the molecule is CC(=O)C(Br)Cc1ccncc1. The summed E-state index contributed by atoms with van der Waals surface area (Å²) in [6.45, 7) is 1.58. The van der Waals surface area contributed by atoms with Gasteiger partial charge in [0.25, 0.3) is 0 Å². The van der Waals surface area contributed by atoms with E-state index in [-0.39, 0.29) is 10.6 Å². The van der Waals surface area contributed by atoms with Gasteiger partial charge in [-0.25, -0.2) is 0 Å². The van der Waals surface area contributed by atoms with E-state index in [1.165, 1.54) is 0 Å². The number of halogens is 1. The van der Waals surface area contributed by atoms with E-state index in [4.69, 9.17) is 0 Å². The minimum atomic E-state index is -0.0695. The topological polar surface area (TPSA) is 30.0 Å². The summed E-state index contributed by atoms with van der Waals surface area (Å²) in [5.74, 6) is 0.159. The van der Waals surface area contributed by atoms with Gasteiger partial charge >= 0.3 is 0 Å². The Labute approximate surface area is 80.1 Å². The predicted octanol–water partition coefficient (Wildman–Crippen LogP) is 1.98. The number of Topliss-reactive ketones (excluding diaryl/α,β-unsaturated/α-hetero) is 1. The summed E-state index contributed by atoms with van der Waals surface area (Å²) in [4.78, 5) is 14.7. The van der Waals surface area contributed by atoms with Crippen LogP contribution in [0.5, 0.6) is 0 Å². The van der Waals surface area contributed by atoms with Gasteiger partial charge in [-0.05, 0) is 31.0 Å². The molecule has 0 aliphatic heterocycles. The van der Waals surface area contributed by atoms with Crippen LogP contribution >= 0.6 is 15.9 Å². The van der Waals surface area contributed by atoms with Crippen LogP contribution in [-0.4, -0.2) is 15.6 Å². The van der Waals surface area contributed by atoms with Gasteiger partial charge < -0.3 is 0 Å². The molecule has 0 aliphatic carbocycles. The van der Waals surface area contributed by atoms with Crippen LogP contribution in [0.25, 0.3) is 0 Å². The van der Waals surface area contributed by atoms with Gasteiger partial charge in [0.2, 0.25) is 0 Å². The molecule has 0 saturated heterocycles. The fourth-order valence-corrected chi connectivity index (χ4v) is 1.24. The van der Waals surface area contributed by atoms with Crippen molar-refractivity contribution in [2.45, 2.75) is 18.2 Å². The van der Waals surface area contributed by atoms with Crippen LogP contribution in [0, 0.1) is 0 Å². The standard InChI is InChI=1S/C9H10BrNO/c1-7(12)9(10)6-8-2-4-11-5-3-8/h2-5,9H,6H2,1H3. The summed E-state index contributed by atoms with van der Waals surface area (Å²) in [5, 5.41) is 0. The average molecular weight is 228 g/mol. The number of nitrogens with zero attached hydrogens (tertiary/aromatic N) is 1.